The largest absolute Gasteiger partial charge is 0.378 e. The van der Waals surface area contributed by atoms with E-state index < -0.39 is 33.3 Å². The van der Waals surface area contributed by atoms with Crippen LogP contribution in [0.1, 0.15) is 6.42 Å². The molecule has 1 aliphatic heterocycles. The monoisotopic (exact) mass is 532 g/mol. The number of primary sulfonamides is 1. The summed E-state index contributed by atoms with van der Waals surface area (Å²) in [5, 5.41) is 13.5. The number of halogens is 2. The molecule has 3 aromatic carbocycles. The highest BCUT2D eigenvalue weighted by atomic mass is 35.5. The lowest BCUT2D eigenvalue weighted by Gasteiger charge is -2.27. The Kier molecular flexibility index (Phi) is 7.27. The number of sulfonamides is 1. The number of amides is 3. The minimum absolute atomic E-state index is 0.103. The number of benzene rings is 3. The van der Waals surface area contributed by atoms with Gasteiger partial charge in [-0.2, -0.15) is 0 Å². The van der Waals surface area contributed by atoms with Gasteiger partial charge < -0.3 is 20.7 Å². The third-order valence-electron chi connectivity index (χ3n) is 5.63. The minimum atomic E-state index is -4.04. The predicted molar refractivity (Wildman–Crippen MR) is 134 cm³/mol. The van der Waals surface area contributed by atoms with Gasteiger partial charge in [0.25, 0.3) is 5.91 Å². The number of hydrogen-bond donors (Lipinski definition) is 4. The highest BCUT2D eigenvalue weighted by Gasteiger charge is 2.44. The first kappa shape index (κ1) is 25.6. The maximum Gasteiger partial charge on any atom is 0.320 e. The van der Waals surface area contributed by atoms with Crippen LogP contribution < -0.4 is 21.1 Å². The molecule has 4 rings (SSSR count). The predicted octanol–water partition coefficient (Wildman–Crippen LogP) is 3.71. The number of nitrogens with one attached hydrogen (secondary N) is 3. The molecule has 1 unspecified atom stereocenters. The van der Waals surface area contributed by atoms with Crippen LogP contribution in [-0.2, 0) is 19.6 Å². The fourth-order valence-corrected chi connectivity index (χ4v) is 4.68. The van der Waals surface area contributed by atoms with Crippen LogP contribution in [0.15, 0.2) is 71.6 Å². The standard InChI is InChI=1S/C24H22ClFN4O5S/c25-16-6-8-17(9-7-16)28-23(32)30-24(11-12-35-14-24)22(31)29-20-10-5-15(13-19(20)26)18-3-1-2-4-21(18)36(27,33)34/h1-10,13H,11-12,14H2,(H,29,31)(H2,27,33,34)(H2,28,30,32). The molecule has 9 nitrogen and oxygen atoms in total. The molecule has 3 aromatic rings. The van der Waals surface area contributed by atoms with E-state index in [9.17, 15) is 22.4 Å². The van der Waals surface area contributed by atoms with E-state index in [4.69, 9.17) is 21.5 Å². The summed E-state index contributed by atoms with van der Waals surface area (Å²) in [6, 6.07) is 15.6. The van der Waals surface area contributed by atoms with Crippen molar-refractivity contribution in [1.82, 2.24) is 5.32 Å². The van der Waals surface area contributed by atoms with Crippen molar-refractivity contribution in [1.29, 1.82) is 0 Å². The average Bonchev–Trinajstić information content (AvgIpc) is 3.31. The Hall–Kier alpha value is -3.51. The summed E-state index contributed by atoms with van der Waals surface area (Å²) >= 11 is 5.85. The number of carbonyl (C=O) groups excluding carboxylic acids is 2. The molecule has 3 amide bonds. The van der Waals surface area contributed by atoms with Crippen molar-refractivity contribution >= 4 is 44.9 Å². The Balaban J connectivity index is 1.52. The lowest BCUT2D eigenvalue weighted by molar-refractivity contribution is -0.122. The van der Waals surface area contributed by atoms with E-state index in [-0.39, 0.29) is 41.3 Å². The SMILES string of the molecule is NS(=O)(=O)c1ccccc1-c1ccc(NC(=O)C2(NC(=O)Nc3ccc(Cl)cc3)CCOC2)c(F)c1. The van der Waals surface area contributed by atoms with Crippen LogP contribution in [0.4, 0.5) is 20.6 Å². The molecular formula is C24H22ClFN4O5S. The number of rotatable bonds is 6. The van der Waals surface area contributed by atoms with Crippen molar-refractivity contribution in [3.8, 4) is 11.1 Å². The second kappa shape index (κ2) is 10.2. The molecule has 5 N–H and O–H groups in total. The van der Waals surface area contributed by atoms with Gasteiger partial charge in [0, 0.05) is 29.3 Å². The third-order valence-corrected chi connectivity index (χ3v) is 6.85. The number of nitrogens with two attached hydrogens (primary N) is 1. The maximum absolute atomic E-state index is 15.0. The van der Waals surface area contributed by atoms with E-state index in [2.05, 4.69) is 16.0 Å². The average molecular weight is 533 g/mol. The number of anilines is 2. The van der Waals surface area contributed by atoms with Gasteiger partial charge >= 0.3 is 6.03 Å². The molecule has 1 atom stereocenters. The molecule has 0 spiro atoms. The van der Waals surface area contributed by atoms with Gasteiger partial charge in [0.2, 0.25) is 10.0 Å². The zero-order chi connectivity index (χ0) is 25.9. The van der Waals surface area contributed by atoms with Crippen LogP contribution in [0.2, 0.25) is 5.02 Å². The van der Waals surface area contributed by atoms with Crippen LogP contribution in [0, 0.1) is 5.82 Å². The number of hydrogen-bond acceptors (Lipinski definition) is 5. The molecule has 36 heavy (non-hydrogen) atoms. The highest BCUT2D eigenvalue weighted by molar-refractivity contribution is 7.89. The van der Waals surface area contributed by atoms with E-state index in [1.807, 2.05) is 0 Å². The molecule has 1 saturated heterocycles. The van der Waals surface area contributed by atoms with Crippen LogP contribution in [0.3, 0.4) is 0 Å². The first-order valence-electron chi connectivity index (χ1n) is 10.7. The van der Waals surface area contributed by atoms with Crippen LogP contribution in [-0.4, -0.2) is 39.1 Å². The Bertz CT molecular complexity index is 1410. The topological polar surface area (TPSA) is 140 Å². The second-order valence-electron chi connectivity index (χ2n) is 8.16. The van der Waals surface area contributed by atoms with Gasteiger partial charge in [0.1, 0.15) is 11.4 Å². The first-order chi connectivity index (χ1) is 17.1. The number of urea groups is 1. The van der Waals surface area contributed by atoms with E-state index in [0.29, 0.717) is 10.7 Å². The second-order valence-corrected chi connectivity index (χ2v) is 10.1. The van der Waals surface area contributed by atoms with Gasteiger partial charge in [-0.1, -0.05) is 35.9 Å². The van der Waals surface area contributed by atoms with Gasteiger partial charge in [-0.3, -0.25) is 4.79 Å². The van der Waals surface area contributed by atoms with E-state index in [1.54, 1.807) is 30.3 Å². The fourth-order valence-electron chi connectivity index (χ4n) is 3.79. The van der Waals surface area contributed by atoms with Gasteiger partial charge in [-0.05, 0) is 48.0 Å². The summed E-state index contributed by atoms with van der Waals surface area (Å²) in [4.78, 5) is 25.6. The normalized spacial score (nSPS) is 17.4. The van der Waals surface area contributed by atoms with Crippen molar-refractivity contribution in [2.75, 3.05) is 23.8 Å². The summed E-state index contributed by atoms with van der Waals surface area (Å²) < 4.78 is 44.1. The van der Waals surface area contributed by atoms with Gasteiger partial charge in [-0.25, -0.2) is 22.7 Å². The fraction of sp³-hybridized carbons (Fsp3) is 0.167. The van der Waals surface area contributed by atoms with Crippen LogP contribution >= 0.6 is 11.6 Å². The van der Waals surface area contributed by atoms with E-state index in [1.165, 1.54) is 30.3 Å². The van der Waals surface area contributed by atoms with Crippen LogP contribution in [0.25, 0.3) is 11.1 Å². The van der Waals surface area contributed by atoms with E-state index >= 15 is 0 Å². The zero-order valence-corrected chi connectivity index (χ0v) is 20.3. The Labute approximate surface area is 211 Å². The maximum atomic E-state index is 15.0. The summed E-state index contributed by atoms with van der Waals surface area (Å²) in [5.74, 6) is -1.47. The summed E-state index contributed by atoms with van der Waals surface area (Å²) in [7, 11) is -4.04. The lowest BCUT2D eigenvalue weighted by Crippen LogP contribution is -2.58. The Morgan fingerprint density at radius 1 is 1.03 bits per heavy atom. The smallest absolute Gasteiger partial charge is 0.320 e. The Morgan fingerprint density at radius 3 is 2.39 bits per heavy atom. The molecular weight excluding hydrogens is 511 g/mol. The quantitative estimate of drug-likeness (QED) is 0.383. The van der Waals surface area contributed by atoms with Gasteiger partial charge in [0.05, 0.1) is 17.2 Å². The number of carbonyl (C=O) groups is 2. The first-order valence-corrected chi connectivity index (χ1v) is 12.7. The van der Waals surface area contributed by atoms with Crippen molar-refractivity contribution < 1.29 is 27.1 Å². The molecule has 0 radical (unpaired) electrons. The summed E-state index contributed by atoms with van der Waals surface area (Å²) in [6.07, 6.45) is 0.175. The summed E-state index contributed by atoms with van der Waals surface area (Å²) in [5.41, 5.74) is -0.634. The lowest BCUT2D eigenvalue weighted by atomic mass is 9.97. The molecule has 0 aliphatic carbocycles. The third kappa shape index (κ3) is 5.65. The van der Waals surface area contributed by atoms with E-state index in [0.717, 1.165) is 6.07 Å². The molecule has 1 aliphatic rings. The number of ether oxygens (including phenoxy) is 1. The molecule has 12 heteroatoms. The highest BCUT2D eigenvalue weighted by Crippen LogP contribution is 2.30. The van der Waals surface area contributed by atoms with Crippen molar-refractivity contribution in [3.63, 3.8) is 0 Å². The summed E-state index contributed by atoms with van der Waals surface area (Å²) in [6.45, 7) is 0.120. The molecule has 0 bridgehead atoms. The van der Waals surface area contributed by atoms with Gasteiger partial charge in [-0.15, -0.1) is 0 Å². The molecule has 0 saturated carbocycles. The van der Waals surface area contributed by atoms with Crippen molar-refractivity contribution in [3.05, 3.63) is 77.6 Å². The molecule has 1 fully saturated rings. The molecule has 1 heterocycles. The Morgan fingerprint density at radius 2 is 1.75 bits per heavy atom. The van der Waals surface area contributed by atoms with Gasteiger partial charge in [0.15, 0.2) is 0 Å². The zero-order valence-electron chi connectivity index (χ0n) is 18.8. The molecule has 188 valence electrons. The van der Waals surface area contributed by atoms with Crippen molar-refractivity contribution in [2.24, 2.45) is 5.14 Å². The van der Waals surface area contributed by atoms with Crippen LogP contribution in [0.5, 0.6) is 0 Å². The molecule has 0 aromatic heterocycles. The minimum Gasteiger partial charge on any atom is -0.378 e. The van der Waals surface area contributed by atoms with Crippen molar-refractivity contribution in [2.45, 2.75) is 16.9 Å².